The summed E-state index contributed by atoms with van der Waals surface area (Å²) in [6, 6.07) is 9.32. The topological polar surface area (TPSA) is 103 Å². The van der Waals surface area contributed by atoms with Crippen LogP contribution in [0.25, 0.3) is 0 Å². The van der Waals surface area contributed by atoms with Crippen LogP contribution < -0.4 is 5.43 Å². The van der Waals surface area contributed by atoms with Crippen LogP contribution in [0.15, 0.2) is 41.6 Å². The van der Waals surface area contributed by atoms with Crippen molar-refractivity contribution in [2.75, 3.05) is 6.54 Å². The number of aromatic amines is 1. The number of carboxylic acids is 1. The van der Waals surface area contributed by atoms with Gasteiger partial charge >= 0.3 is 5.97 Å². The highest BCUT2D eigenvalue weighted by Gasteiger charge is 2.09. The first-order valence-corrected chi connectivity index (χ1v) is 5.21. The lowest BCUT2D eigenvalue weighted by Gasteiger charge is -2.03. The van der Waals surface area contributed by atoms with Crippen LogP contribution in [0.3, 0.4) is 0 Å². The summed E-state index contributed by atoms with van der Waals surface area (Å²) in [5.41, 5.74) is 4.38. The third-order valence-electron chi connectivity index (χ3n) is 2.13. The summed E-state index contributed by atoms with van der Waals surface area (Å²) in [5, 5.41) is 22.7. The number of benzene rings is 1. The molecule has 0 radical (unpaired) electrons. The molecule has 2 rings (SSSR count). The molecule has 2 aromatic rings. The zero-order valence-electron chi connectivity index (χ0n) is 9.37. The molecule has 1 aromatic heterocycles. The van der Waals surface area contributed by atoms with Crippen LogP contribution in [0.4, 0.5) is 0 Å². The number of carboxylic acid groups (broad SMARTS) is 1. The Morgan fingerprint density at radius 3 is 2.78 bits per heavy atom. The molecule has 3 N–H and O–H groups in total. The normalized spacial score (nSPS) is 11.2. The Bertz CT molecular complexity index is 536. The SMILES string of the molecule is O=C(O)CN/N=C(\c1ccccc1)c1cn[nH]n1. The van der Waals surface area contributed by atoms with Gasteiger partial charge in [0.1, 0.15) is 18.0 Å². The summed E-state index contributed by atoms with van der Waals surface area (Å²) in [5.74, 6) is -0.980. The standard InChI is InChI=1S/C11H11N5O2/c17-10(18)7-12-15-11(9-6-13-16-14-9)8-4-2-1-3-5-8/h1-6,12H,7H2,(H,17,18)(H,13,14,16)/b15-11+. The molecule has 92 valence electrons. The van der Waals surface area contributed by atoms with Crippen molar-refractivity contribution in [1.82, 2.24) is 20.8 Å². The molecule has 0 saturated carbocycles. The van der Waals surface area contributed by atoms with Gasteiger partial charge in [-0.05, 0) is 0 Å². The number of hydrogen-bond acceptors (Lipinski definition) is 5. The maximum absolute atomic E-state index is 10.4. The minimum atomic E-state index is -0.980. The Hall–Kier alpha value is -2.70. The van der Waals surface area contributed by atoms with E-state index in [-0.39, 0.29) is 6.54 Å². The van der Waals surface area contributed by atoms with E-state index in [1.165, 1.54) is 6.20 Å². The van der Waals surface area contributed by atoms with E-state index in [0.29, 0.717) is 11.4 Å². The number of hydrazone groups is 1. The fourth-order valence-corrected chi connectivity index (χ4v) is 1.37. The predicted molar refractivity (Wildman–Crippen MR) is 64.1 cm³/mol. The fraction of sp³-hybridized carbons (Fsp3) is 0.0909. The number of aliphatic carboxylic acids is 1. The highest BCUT2D eigenvalue weighted by Crippen LogP contribution is 2.06. The first-order valence-electron chi connectivity index (χ1n) is 5.21. The minimum absolute atomic E-state index is 0.256. The number of aromatic nitrogens is 3. The molecule has 0 aliphatic carbocycles. The van der Waals surface area contributed by atoms with Crippen molar-refractivity contribution >= 4 is 11.7 Å². The summed E-state index contributed by atoms with van der Waals surface area (Å²) < 4.78 is 0. The zero-order chi connectivity index (χ0) is 12.8. The van der Waals surface area contributed by atoms with Gasteiger partial charge in [0, 0.05) is 5.56 Å². The molecule has 0 bridgehead atoms. The van der Waals surface area contributed by atoms with Gasteiger partial charge in [-0.1, -0.05) is 30.3 Å². The number of H-pyrrole nitrogens is 1. The molecule has 0 aliphatic rings. The van der Waals surface area contributed by atoms with Gasteiger partial charge in [0.15, 0.2) is 0 Å². The van der Waals surface area contributed by atoms with Crippen LogP contribution in [-0.4, -0.2) is 38.7 Å². The summed E-state index contributed by atoms with van der Waals surface area (Å²) >= 11 is 0. The second kappa shape index (κ2) is 5.58. The molecule has 0 aliphatic heterocycles. The molecule has 7 nitrogen and oxygen atoms in total. The molecule has 0 saturated heterocycles. The quantitative estimate of drug-likeness (QED) is 0.517. The van der Waals surface area contributed by atoms with Crippen LogP contribution in [0, 0.1) is 0 Å². The molecule has 0 fully saturated rings. The monoisotopic (exact) mass is 245 g/mol. The Morgan fingerprint density at radius 1 is 1.39 bits per heavy atom. The van der Waals surface area contributed by atoms with E-state index in [1.54, 1.807) is 0 Å². The summed E-state index contributed by atoms with van der Waals surface area (Å²) in [4.78, 5) is 10.4. The highest BCUT2D eigenvalue weighted by atomic mass is 16.4. The maximum Gasteiger partial charge on any atom is 0.324 e. The molecule has 1 aromatic carbocycles. The van der Waals surface area contributed by atoms with Gasteiger partial charge in [-0.25, -0.2) is 0 Å². The van der Waals surface area contributed by atoms with Crippen LogP contribution in [0.1, 0.15) is 11.3 Å². The van der Waals surface area contributed by atoms with Gasteiger partial charge in [0.05, 0.1) is 6.20 Å². The molecular weight excluding hydrogens is 234 g/mol. The molecule has 0 spiro atoms. The van der Waals surface area contributed by atoms with E-state index >= 15 is 0 Å². The summed E-state index contributed by atoms with van der Waals surface area (Å²) in [7, 11) is 0. The van der Waals surface area contributed by atoms with Gasteiger partial charge in [-0.3, -0.25) is 10.2 Å². The number of hydrogen-bond donors (Lipinski definition) is 3. The van der Waals surface area contributed by atoms with Crippen molar-refractivity contribution in [3.63, 3.8) is 0 Å². The van der Waals surface area contributed by atoms with Crippen LogP contribution in [0.2, 0.25) is 0 Å². The van der Waals surface area contributed by atoms with Crippen molar-refractivity contribution in [2.45, 2.75) is 0 Å². The van der Waals surface area contributed by atoms with E-state index in [4.69, 9.17) is 5.11 Å². The molecule has 0 unspecified atom stereocenters. The zero-order valence-corrected chi connectivity index (χ0v) is 9.37. The molecule has 7 heteroatoms. The molecule has 0 atom stereocenters. The fourth-order valence-electron chi connectivity index (χ4n) is 1.37. The third-order valence-corrected chi connectivity index (χ3v) is 2.13. The lowest BCUT2D eigenvalue weighted by Crippen LogP contribution is -2.20. The van der Waals surface area contributed by atoms with Gasteiger partial charge in [-0.2, -0.15) is 20.5 Å². The second-order valence-corrected chi connectivity index (χ2v) is 3.41. The number of nitrogens with zero attached hydrogens (tertiary/aromatic N) is 3. The van der Waals surface area contributed by atoms with Crippen LogP contribution in [0.5, 0.6) is 0 Å². The molecular formula is C11H11N5O2. The summed E-state index contributed by atoms with van der Waals surface area (Å²) in [6.07, 6.45) is 1.52. The van der Waals surface area contributed by atoms with E-state index in [2.05, 4.69) is 25.9 Å². The lowest BCUT2D eigenvalue weighted by molar-refractivity contribution is -0.135. The molecule has 1 heterocycles. The van der Waals surface area contributed by atoms with Crippen molar-refractivity contribution < 1.29 is 9.90 Å². The number of rotatable bonds is 5. The third kappa shape index (κ3) is 2.91. The average Bonchev–Trinajstić information content (AvgIpc) is 2.89. The maximum atomic E-state index is 10.4. The number of carbonyl (C=O) groups is 1. The molecule has 0 amide bonds. The van der Waals surface area contributed by atoms with Gasteiger partial charge in [0.2, 0.25) is 0 Å². The van der Waals surface area contributed by atoms with E-state index in [0.717, 1.165) is 5.56 Å². The van der Waals surface area contributed by atoms with Crippen molar-refractivity contribution in [3.8, 4) is 0 Å². The molecule has 18 heavy (non-hydrogen) atoms. The largest absolute Gasteiger partial charge is 0.480 e. The first kappa shape index (κ1) is 11.8. The van der Waals surface area contributed by atoms with Crippen LogP contribution >= 0.6 is 0 Å². The predicted octanol–water partition coefficient (Wildman–Crippen LogP) is 0.231. The average molecular weight is 245 g/mol. The Kier molecular flexibility index (Phi) is 3.65. The first-order chi connectivity index (χ1) is 8.77. The number of nitrogens with one attached hydrogen (secondary N) is 2. The van der Waals surface area contributed by atoms with Crippen LogP contribution in [-0.2, 0) is 4.79 Å². The van der Waals surface area contributed by atoms with Crippen molar-refractivity contribution in [2.24, 2.45) is 5.10 Å². The van der Waals surface area contributed by atoms with Crippen molar-refractivity contribution in [3.05, 3.63) is 47.8 Å². The van der Waals surface area contributed by atoms with Gasteiger partial charge < -0.3 is 5.11 Å². The summed E-state index contributed by atoms with van der Waals surface area (Å²) in [6.45, 7) is -0.256. The van der Waals surface area contributed by atoms with Crippen molar-refractivity contribution in [1.29, 1.82) is 0 Å². The Morgan fingerprint density at radius 2 is 2.17 bits per heavy atom. The van der Waals surface area contributed by atoms with Gasteiger partial charge in [-0.15, -0.1) is 0 Å². The lowest BCUT2D eigenvalue weighted by atomic mass is 10.1. The second-order valence-electron chi connectivity index (χ2n) is 3.41. The Balaban J connectivity index is 2.27. The van der Waals surface area contributed by atoms with E-state index in [1.807, 2.05) is 30.3 Å². The smallest absolute Gasteiger partial charge is 0.324 e. The highest BCUT2D eigenvalue weighted by molar-refractivity contribution is 6.11. The minimum Gasteiger partial charge on any atom is -0.480 e. The van der Waals surface area contributed by atoms with E-state index < -0.39 is 5.97 Å². The van der Waals surface area contributed by atoms with E-state index in [9.17, 15) is 4.79 Å². The Labute approximate surface area is 103 Å². The van der Waals surface area contributed by atoms with Gasteiger partial charge in [0.25, 0.3) is 0 Å².